The monoisotopic (exact) mass is 363 g/mol. The molecule has 0 bridgehead atoms. The molecule has 0 unspecified atom stereocenters. The first kappa shape index (κ1) is 14.7. The number of hydrogen-bond donors (Lipinski definition) is 3. The fourth-order valence-electron chi connectivity index (χ4n) is 1.61. The number of halogens is 1. The van der Waals surface area contributed by atoms with Gasteiger partial charge in [0.25, 0.3) is 0 Å². The van der Waals surface area contributed by atoms with Crippen molar-refractivity contribution in [3.63, 3.8) is 0 Å². The minimum atomic E-state index is -1.08. The first-order valence-corrected chi connectivity index (χ1v) is 6.37. The lowest BCUT2D eigenvalue weighted by molar-refractivity contribution is -0.141. The van der Waals surface area contributed by atoms with Crippen LogP contribution >= 0.6 is 22.6 Å². The Balaban J connectivity index is 2.94. The van der Waals surface area contributed by atoms with E-state index >= 15 is 0 Å². The van der Waals surface area contributed by atoms with Crippen LogP contribution in [0.15, 0.2) is 12.1 Å². The summed E-state index contributed by atoms with van der Waals surface area (Å²) in [5.74, 6) is -1.26. The number of aryl methyl sites for hydroxylation is 1. The van der Waals surface area contributed by atoms with Gasteiger partial charge in [-0.25, -0.2) is 4.79 Å². The number of carbonyl (C=O) groups is 2. The average Bonchev–Trinajstić information content (AvgIpc) is 2.24. The Morgan fingerprint density at radius 3 is 2.50 bits per heavy atom. The summed E-state index contributed by atoms with van der Waals surface area (Å²) in [5.41, 5.74) is 1.44. The second kappa shape index (κ2) is 6.03. The molecule has 5 nitrogen and oxygen atoms in total. The van der Waals surface area contributed by atoms with Gasteiger partial charge in [-0.3, -0.25) is 4.79 Å². The Bertz CT molecular complexity index is 464. The van der Waals surface area contributed by atoms with Crippen LogP contribution in [0, 0.1) is 10.5 Å². The first-order valence-electron chi connectivity index (χ1n) is 5.29. The smallest absolute Gasteiger partial charge is 0.326 e. The summed E-state index contributed by atoms with van der Waals surface area (Å²) in [5, 5.41) is 21.0. The molecular weight excluding hydrogens is 349 g/mol. The van der Waals surface area contributed by atoms with Crippen molar-refractivity contribution < 1.29 is 19.8 Å². The number of phenolic OH excluding ortho intramolecular Hbond substituents is 1. The molecule has 1 amide bonds. The van der Waals surface area contributed by atoms with Gasteiger partial charge >= 0.3 is 5.97 Å². The number of aromatic hydroxyl groups is 1. The van der Waals surface area contributed by atoms with Gasteiger partial charge in [0.1, 0.15) is 11.8 Å². The number of benzene rings is 1. The molecule has 18 heavy (non-hydrogen) atoms. The largest absolute Gasteiger partial charge is 0.507 e. The molecule has 0 aromatic heterocycles. The highest BCUT2D eigenvalue weighted by molar-refractivity contribution is 14.1. The number of phenols is 1. The van der Waals surface area contributed by atoms with Crippen LogP contribution in [0.3, 0.4) is 0 Å². The van der Waals surface area contributed by atoms with Crippen molar-refractivity contribution in [3.8, 4) is 5.75 Å². The summed E-state index contributed by atoms with van der Waals surface area (Å²) in [4.78, 5) is 21.9. The van der Waals surface area contributed by atoms with Crippen LogP contribution < -0.4 is 5.32 Å². The second-order valence-corrected chi connectivity index (χ2v) is 5.20. The molecule has 0 saturated heterocycles. The van der Waals surface area contributed by atoms with Crippen LogP contribution in [-0.2, 0) is 16.0 Å². The number of carbonyl (C=O) groups excluding carboxylic acids is 1. The van der Waals surface area contributed by atoms with Crippen LogP contribution in [0.4, 0.5) is 0 Å². The normalized spacial score (nSPS) is 11.9. The number of nitrogens with one attached hydrogen (secondary N) is 1. The lowest BCUT2D eigenvalue weighted by Gasteiger charge is -2.14. The first-order chi connectivity index (χ1) is 8.31. The van der Waals surface area contributed by atoms with Crippen molar-refractivity contribution in [2.75, 3.05) is 0 Å². The molecule has 0 saturated carbocycles. The minimum absolute atomic E-state index is 0.187. The molecule has 1 aromatic carbocycles. The Kier molecular flexibility index (Phi) is 4.94. The third kappa shape index (κ3) is 3.86. The summed E-state index contributed by atoms with van der Waals surface area (Å²) in [7, 11) is 0. The maximum absolute atomic E-state index is 11.0. The van der Waals surface area contributed by atoms with Gasteiger partial charge in [-0.05, 0) is 46.7 Å². The number of aliphatic carboxylic acids is 1. The zero-order valence-electron chi connectivity index (χ0n) is 10.0. The van der Waals surface area contributed by atoms with Crippen molar-refractivity contribution >= 4 is 34.5 Å². The molecule has 0 radical (unpaired) electrons. The molecule has 0 fully saturated rings. The van der Waals surface area contributed by atoms with E-state index in [0.29, 0.717) is 9.13 Å². The minimum Gasteiger partial charge on any atom is -0.507 e. The van der Waals surface area contributed by atoms with E-state index in [4.69, 9.17) is 5.11 Å². The van der Waals surface area contributed by atoms with Crippen molar-refractivity contribution in [2.45, 2.75) is 26.3 Å². The number of rotatable bonds is 4. The van der Waals surface area contributed by atoms with Gasteiger partial charge < -0.3 is 15.5 Å². The van der Waals surface area contributed by atoms with Crippen molar-refractivity contribution in [1.82, 2.24) is 5.32 Å². The Labute approximate surface area is 118 Å². The zero-order chi connectivity index (χ0) is 13.9. The van der Waals surface area contributed by atoms with Gasteiger partial charge in [-0.2, -0.15) is 0 Å². The SMILES string of the molecule is CC(=O)N[C@H](Cc1cc(C)c(O)c(I)c1)C(=O)O. The van der Waals surface area contributed by atoms with E-state index in [1.54, 1.807) is 19.1 Å². The fraction of sp³-hybridized carbons (Fsp3) is 0.333. The molecule has 0 heterocycles. The summed E-state index contributed by atoms with van der Waals surface area (Å²) in [6.45, 7) is 3.02. The van der Waals surface area contributed by atoms with E-state index in [1.165, 1.54) is 6.92 Å². The third-order valence-electron chi connectivity index (χ3n) is 2.43. The van der Waals surface area contributed by atoms with Crippen LogP contribution in [0.5, 0.6) is 5.75 Å². The van der Waals surface area contributed by atoms with Crippen LogP contribution in [0.1, 0.15) is 18.1 Å². The maximum Gasteiger partial charge on any atom is 0.326 e. The highest BCUT2D eigenvalue weighted by atomic mass is 127. The topological polar surface area (TPSA) is 86.6 Å². The molecular formula is C12H14INO4. The Hall–Kier alpha value is -1.31. The van der Waals surface area contributed by atoms with E-state index in [-0.39, 0.29) is 18.1 Å². The Morgan fingerprint density at radius 2 is 2.06 bits per heavy atom. The van der Waals surface area contributed by atoms with Crippen LogP contribution in [0.25, 0.3) is 0 Å². The molecule has 6 heteroatoms. The molecule has 0 aliphatic heterocycles. The van der Waals surface area contributed by atoms with E-state index < -0.39 is 12.0 Å². The van der Waals surface area contributed by atoms with Gasteiger partial charge in [0.05, 0.1) is 3.57 Å². The molecule has 0 spiro atoms. The van der Waals surface area contributed by atoms with Crippen LogP contribution in [-0.4, -0.2) is 28.1 Å². The molecule has 3 N–H and O–H groups in total. The summed E-state index contributed by atoms with van der Waals surface area (Å²) in [6, 6.07) is 2.47. The number of amides is 1. The predicted molar refractivity (Wildman–Crippen MR) is 74.5 cm³/mol. The van der Waals surface area contributed by atoms with E-state index in [2.05, 4.69) is 5.32 Å². The second-order valence-electron chi connectivity index (χ2n) is 4.04. The van der Waals surface area contributed by atoms with Gasteiger partial charge in [0.2, 0.25) is 5.91 Å². The molecule has 98 valence electrons. The molecule has 1 aromatic rings. The standard InChI is InChI=1S/C12H14INO4/c1-6-3-8(4-9(13)11(6)16)5-10(12(17)18)14-7(2)15/h3-4,10,16H,5H2,1-2H3,(H,14,15)(H,17,18)/t10-/m1/s1. The molecule has 0 aliphatic carbocycles. The van der Waals surface area contributed by atoms with E-state index in [9.17, 15) is 14.7 Å². The third-order valence-corrected chi connectivity index (χ3v) is 3.25. The van der Waals surface area contributed by atoms with Gasteiger partial charge in [-0.15, -0.1) is 0 Å². The molecule has 1 atom stereocenters. The summed E-state index contributed by atoms with van der Waals surface area (Å²) in [6.07, 6.45) is 0.187. The average molecular weight is 363 g/mol. The van der Waals surface area contributed by atoms with Crippen LogP contribution in [0.2, 0.25) is 0 Å². The number of hydrogen-bond acceptors (Lipinski definition) is 3. The maximum atomic E-state index is 11.0. The number of carboxylic acid groups (broad SMARTS) is 1. The molecule has 0 aliphatic rings. The van der Waals surface area contributed by atoms with Gasteiger partial charge in [-0.1, -0.05) is 6.07 Å². The predicted octanol–water partition coefficient (Wildman–Crippen LogP) is 1.44. The van der Waals surface area contributed by atoms with Crippen molar-refractivity contribution in [2.24, 2.45) is 0 Å². The quantitative estimate of drug-likeness (QED) is 0.707. The van der Waals surface area contributed by atoms with Crippen molar-refractivity contribution in [3.05, 3.63) is 26.8 Å². The summed E-state index contributed by atoms with van der Waals surface area (Å²) < 4.78 is 0.662. The van der Waals surface area contributed by atoms with Gasteiger partial charge in [0.15, 0.2) is 0 Å². The molecule has 1 rings (SSSR count). The van der Waals surface area contributed by atoms with Crippen molar-refractivity contribution in [1.29, 1.82) is 0 Å². The Morgan fingerprint density at radius 1 is 1.44 bits per heavy atom. The van der Waals surface area contributed by atoms with E-state index in [0.717, 1.165) is 5.56 Å². The lowest BCUT2D eigenvalue weighted by Crippen LogP contribution is -2.41. The van der Waals surface area contributed by atoms with E-state index in [1.807, 2.05) is 22.6 Å². The highest BCUT2D eigenvalue weighted by Crippen LogP contribution is 2.25. The lowest BCUT2D eigenvalue weighted by atomic mass is 10.0. The fourth-order valence-corrected chi connectivity index (χ4v) is 2.43. The highest BCUT2D eigenvalue weighted by Gasteiger charge is 2.19. The number of carboxylic acids is 1. The zero-order valence-corrected chi connectivity index (χ0v) is 12.2. The van der Waals surface area contributed by atoms with Gasteiger partial charge in [0, 0.05) is 13.3 Å². The summed E-state index contributed by atoms with van der Waals surface area (Å²) >= 11 is 1.98.